The van der Waals surface area contributed by atoms with Crippen LogP contribution in [0.3, 0.4) is 0 Å². The summed E-state index contributed by atoms with van der Waals surface area (Å²) >= 11 is 0. The lowest BCUT2D eigenvalue weighted by Gasteiger charge is -2.08. The number of hydrazone groups is 1. The molecule has 0 heterocycles. The first-order valence-electron chi connectivity index (χ1n) is 8.95. The first kappa shape index (κ1) is 21.0. The van der Waals surface area contributed by atoms with E-state index in [9.17, 15) is 9.59 Å². The molecule has 0 bridgehead atoms. The average molecular weight is 383 g/mol. The summed E-state index contributed by atoms with van der Waals surface area (Å²) in [5.74, 6) is 0.997. The maximum absolute atomic E-state index is 11.9. The first-order valence-corrected chi connectivity index (χ1v) is 8.95. The van der Waals surface area contributed by atoms with Crippen molar-refractivity contribution in [2.75, 3.05) is 19.0 Å². The van der Waals surface area contributed by atoms with Crippen LogP contribution in [-0.2, 0) is 9.59 Å². The Morgan fingerprint density at radius 3 is 2.25 bits per heavy atom. The molecule has 2 rings (SSSR count). The molecule has 0 atom stereocenters. The molecule has 0 radical (unpaired) electrons. The number of ether oxygens (including phenoxy) is 2. The molecule has 0 fully saturated rings. The van der Waals surface area contributed by atoms with Crippen LogP contribution in [-0.4, -0.2) is 31.7 Å². The molecule has 0 aliphatic carbocycles. The molecule has 7 nitrogen and oxygen atoms in total. The SMILES string of the molecule is COc1ccc(NC(=O)CC(=O)NN=Cc2ccc(OCC(C)C)cc2)cc1. The lowest BCUT2D eigenvalue weighted by molar-refractivity contribution is -0.126. The van der Waals surface area contributed by atoms with E-state index in [1.165, 1.54) is 6.21 Å². The van der Waals surface area contributed by atoms with Gasteiger partial charge in [0.15, 0.2) is 0 Å². The van der Waals surface area contributed by atoms with Gasteiger partial charge in [0.25, 0.3) is 0 Å². The summed E-state index contributed by atoms with van der Waals surface area (Å²) in [4.78, 5) is 23.7. The fraction of sp³-hybridized carbons (Fsp3) is 0.286. The van der Waals surface area contributed by atoms with Crippen LogP contribution in [0.15, 0.2) is 53.6 Å². The minimum Gasteiger partial charge on any atom is -0.497 e. The van der Waals surface area contributed by atoms with Crippen molar-refractivity contribution >= 4 is 23.7 Å². The van der Waals surface area contributed by atoms with Crippen molar-refractivity contribution in [3.05, 3.63) is 54.1 Å². The maximum atomic E-state index is 11.9. The Bertz CT molecular complexity index is 799. The summed E-state index contributed by atoms with van der Waals surface area (Å²) in [6.45, 7) is 4.82. The van der Waals surface area contributed by atoms with Crippen LogP contribution in [0.2, 0.25) is 0 Å². The van der Waals surface area contributed by atoms with Crippen molar-refractivity contribution in [1.82, 2.24) is 5.43 Å². The largest absolute Gasteiger partial charge is 0.497 e. The quantitative estimate of drug-likeness (QED) is 0.395. The number of hydrogen-bond acceptors (Lipinski definition) is 5. The zero-order chi connectivity index (χ0) is 20.4. The minimum absolute atomic E-state index is 0.328. The summed E-state index contributed by atoms with van der Waals surface area (Å²) in [6.07, 6.45) is 1.18. The first-order chi connectivity index (χ1) is 13.5. The van der Waals surface area contributed by atoms with E-state index in [1.807, 2.05) is 24.3 Å². The lowest BCUT2D eigenvalue weighted by atomic mass is 10.2. The van der Waals surface area contributed by atoms with Gasteiger partial charge in [-0.05, 0) is 60.0 Å². The molecule has 0 aromatic heterocycles. The summed E-state index contributed by atoms with van der Waals surface area (Å²) in [5, 5.41) is 6.50. The lowest BCUT2D eigenvalue weighted by Crippen LogP contribution is -2.24. The molecule has 28 heavy (non-hydrogen) atoms. The summed E-state index contributed by atoms with van der Waals surface area (Å²) in [7, 11) is 1.56. The third kappa shape index (κ3) is 7.49. The Balaban J connectivity index is 1.75. The van der Waals surface area contributed by atoms with Gasteiger partial charge in [-0.1, -0.05) is 13.8 Å². The molecule has 2 N–H and O–H groups in total. The molecule has 0 spiro atoms. The Hall–Kier alpha value is -3.35. The van der Waals surface area contributed by atoms with E-state index < -0.39 is 11.8 Å². The van der Waals surface area contributed by atoms with Crippen molar-refractivity contribution in [1.29, 1.82) is 0 Å². The van der Waals surface area contributed by atoms with Gasteiger partial charge in [-0.2, -0.15) is 5.10 Å². The number of rotatable bonds is 9. The number of nitrogens with zero attached hydrogens (tertiary/aromatic N) is 1. The normalized spacial score (nSPS) is 10.7. The third-order valence-electron chi connectivity index (χ3n) is 3.56. The highest BCUT2D eigenvalue weighted by Gasteiger charge is 2.09. The smallest absolute Gasteiger partial charge is 0.249 e. The highest BCUT2D eigenvalue weighted by atomic mass is 16.5. The molecule has 7 heteroatoms. The van der Waals surface area contributed by atoms with Crippen molar-refractivity contribution in [2.24, 2.45) is 11.0 Å². The zero-order valence-electron chi connectivity index (χ0n) is 16.3. The van der Waals surface area contributed by atoms with Crippen LogP contribution in [0.5, 0.6) is 11.5 Å². The Kier molecular flexibility index (Phi) is 8.02. The molecular weight excluding hydrogens is 358 g/mol. The fourth-order valence-corrected chi connectivity index (χ4v) is 2.16. The molecule has 0 unspecified atom stereocenters. The van der Waals surface area contributed by atoms with Crippen LogP contribution in [0.25, 0.3) is 0 Å². The highest BCUT2D eigenvalue weighted by Crippen LogP contribution is 2.15. The summed E-state index contributed by atoms with van der Waals surface area (Å²) in [5.41, 5.74) is 3.73. The van der Waals surface area contributed by atoms with Gasteiger partial charge >= 0.3 is 0 Å². The fourth-order valence-electron chi connectivity index (χ4n) is 2.16. The molecule has 148 valence electrons. The Labute approximate surface area is 164 Å². The van der Waals surface area contributed by atoms with Crippen molar-refractivity contribution in [2.45, 2.75) is 20.3 Å². The number of carbonyl (C=O) groups excluding carboxylic acids is 2. The van der Waals surface area contributed by atoms with Gasteiger partial charge in [0.1, 0.15) is 17.9 Å². The Morgan fingerprint density at radius 2 is 1.64 bits per heavy atom. The molecular formula is C21H25N3O4. The highest BCUT2D eigenvalue weighted by molar-refractivity contribution is 6.03. The van der Waals surface area contributed by atoms with Gasteiger partial charge in [-0.3, -0.25) is 9.59 Å². The molecule has 2 aromatic rings. The molecule has 0 aliphatic rings. The van der Waals surface area contributed by atoms with Gasteiger partial charge < -0.3 is 14.8 Å². The van der Waals surface area contributed by atoms with Crippen LogP contribution in [0.1, 0.15) is 25.8 Å². The molecule has 0 saturated heterocycles. The predicted octanol–water partition coefficient (Wildman–Crippen LogP) is 3.21. The second-order valence-electron chi connectivity index (χ2n) is 6.52. The van der Waals surface area contributed by atoms with Gasteiger partial charge in [0, 0.05) is 5.69 Å². The van der Waals surface area contributed by atoms with Crippen LogP contribution < -0.4 is 20.2 Å². The van der Waals surface area contributed by atoms with E-state index in [-0.39, 0.29) is 6.42 Å². The standard InChI is InChI=1S/C21H25N3O4/c1-15(2)14-28-19-8-4-16(5-9-19)13-22-24-21(26)12-20(25)23-17-6-10-18(27-3)11-7-17/h4-11,13,15H,12,14H2,1-3H3,(H,23,25)(H,24,26). The van der Waals surface area contributed by atoms with Crippen LogP contribution in [0.4, 0.5) is 5.69 Å². The van der Waals surface area contributed by atoms with E-state index in [2.05, 4.69) is 29.7 Å². The van der Waals surface area contributed by atoms with E-state index in [0.717, 1.165) is 11.3 Å². The third-order valence-corrected chi connectivity index (χ3v) is 3.56. The molecule has 2 aromatic carbocycles. The number of carbonyl (C=O) groups is 2. The van der Waals surface area contributed by atoms with Gasteiger partial charge in [0.2, 0.25) is 11.8 Å². The van der Waals surface area contributed by atoms with Gasteiger partial charge in [0.05, 0.1) is 19.9 Å². The van der Waals surface area contributed by atoms with Crippen LogP contribution >= 0.6 is 0 Å². The van der Waals surface area contributed by atoms with Crippen molar-refractivity contribution in [3.8, 4) is 11.5 Å². The number of anilines is 1. The van der Waals surface area contributed by atoms with E-state index in [4.69, 9.17) is 9.47 Å². The van der Waals surface area contributed by atoms with Crippen LogP contribution in [0, 0.1) is 5.92 Å². The zero-order valence-corrected chi connectivity index (χ0v) is 16.3. The number of methoxy groups -OCH3 is 1. The minimum atomic E-state index is -0.501. The predicted molar refractivity (Wildman–Crippen MR) is 109 cm³/mol. The second kappa shape index (κ2) is 10.7. The number of nitrogens with one attached hydrogen (secondary N) is 2. The maximum Gasteiger partial charge on any atom is 0.249 e. The topological polar surface area (TPSA) is 89.0 Å². The van der Waals surface area contributed by atoms with E-state index in [0.29, 0.717) is 24.0 Å². The monoisotopic (exact) mass is 383 g/mol. The molecule has 0 saturated carbocycles. The Morgan fingerprint density at radius 1 is 1.00 bits per heavy atom. The van der Waals surface area contributed by atoms with Gasteiger partial charge in [-0.25, -0.2) is 5.43 Å². The van der Waals surface area contributed by atoms with E-state index in [1.54, 1.807) is 31.4 Å². The summed E-state index contributed by atoms with van der Waals surface area (Å²) < 4.78 is 10.7. The number of amides is 2. The van der Waals surface area contributed by atoms with Crippen molar-refractivity contribution < 1.29 is 19.1 Å². The number of benzene rings is 2. The summed E-state index contributed by atoms with van der Waals surface area (Å²) in [6, 6.07) is 14.2. The molecule has 2 amide bonds. The number of hydrogen-bond donors (Lipinski definition) is 2. The van der Waals surface area contributed by atoms with E-state index >= 15 is 0 Å². The van der Waals surface area contributed by atoms with Crippen molar-refractivity contribution in [3.63, 3.8) is 0 Å². The average Bonchev–Trinajstić information content (AvgIpc) is 2.67. The van der Waals surface area contributed by atoms with Gasteiger partial charge in [-0.15, -0.1) is 0 Å². The second-order valence-corrected chi connectivity index (χ2v) is 6.52. The molecule has 0 aliphatic heterocycles.